The lowest BCUT2D eigenvalue weighted by Crippen LogP contribution is -2.35. The number of aromatic nitrogens is 2. The maximum Gasteiger partial charge on any atom is 0.242 e. The molecule has 5 aromatic rings. The van der Waals surface area contributed by atoms with E-state index in [4.69, 9.17) is 9.84 Å². The van der Waals surface area contributed by atoms with Crippen molar-refractivity contribution in [1.82, 2.24) is 14.7 Å². The van der Waals surface area contributed by atoms with Crippen molar-refractivity contribution in [2.75, 3.05) is 18.5 Å². The number of anilines is 1. The summed E-state index contributed by atoms with van der Waals surface area (Å²) in [6.07, 6.45) is 4.22. The van der Waals surface area contributed by atoms with Crippen LogP contribution in [0.4, 0.5) is 5.69 Å². The monoisotopic (exact) mass is 642 g/mol. The van der Waals surface area contributed by atoms with Crippen LogP contribution in [-0.2, 0) is 16.0 Å². The van der Waals surface area contributed by atoms with Crippen LogP contribution in [0.1, 0.15) is 24.5 Å². The highest BCUT2D eigenvalue weighted by atomic mass is 32.2. The molecule has 1 aliphatic rings. The molecule has 2 heterocycles. The first kappa shape index (κ1) is 31.5. The molecule has 0 radical (unpaired) electrons. The van der Waals surface area contributed by atoms with E-state index < -0.39 is 5.25 Å². The molecule has 236 valence electrons. The lowest BCUT2D eigenvalue weighted by atomic mass is 10.1. The number of nitrogens with one attached hydrogen (secondary N) is 1. The third-order valence-corrected chi connectivity index (χ3v) is 8.62. The Kier molecular flexibility index (Phi) is 10.2. The fourth-order valence-corrected chi connectivity index (χ4v) is 6.26. The number of nitrogens with zero attached hydrogens (tertiary/aromatic N) is 5. The number of hydrogen-bond donors (Lipinski definition) is 1. The summed E-state index contributed by atoms with van der Waals surface area (Å²) in [5.41, 5.74) is 5.15. The zero-order valence-corrected chi connectivity index (χ0v) is 26.7. The van der Waals surface area contributed by atoms with Gasteiger partial charge < -0.3 is 10.1 Å². The number of amides is 2. The van der Waals surface area contributed by atoms with Crippen LogP contribution in [0.5, 0.6) is 5.75 Å². The molecule has 6 rings (SSSR count). The summed E-state index contributed by atoms with van der Waals surface area (Å²) in [6, 6.07) is 36.9. The average molecular weight is 643 g/mol. The molecule has 2 amide bonds. The van der Waals surface area contributed by atoms with Gasteiger partial charge in [0.25, 0.3) is 0 Å². The molecule has 1 saturated heterocycles. The van der Waals surface area contributed by atoms with Gasteiger partial charge >= 0.3 is 0 Å². The minimum absolute atomic E-state index is 0.00326. The lowest BCUT2D eigenvalue weighted by Gasteiger charge is -2.15. The van der Waals surface area contributed by atoms with Crippen LogP contribution in [0.2, 0.25) is 0 Å². The van der Waals surface area contributed by atoms with E-state index in [0.717, 1.165) is 33.8 Å². The molecule has 47 heavy (non-hydrogen) atoms. The molecule has 1 fully saturated rings. The summed E-state index contributed by atoms with van der Waals surface area (Å²) in [5.74, 6) is 0.308. The van der Waals surface area contributed by atoms with Gasteiger partial charge in [0.1, 0.15) is 16.7 Å². The molecule has 1 aliphatic heterocycles. The van der Waals surface area contributed by atoms with E-state index in [2.05, 4.69) is 15.5 Å². The highest BCUT2D eigenvalue weighted by molar-refractivity contribution is 8.15. The molecule has 1 aromatic heterocycles. The maximum absolute atomic E-state index is 13.6. The van der Waals surface area contributed by atoms with Crippen molar-refractivity contribution in [2.24, 2.45) is 10.2 Å². The second-order valence-corrected chi connectivity index (χ2v) is 11.9. The number of amidine groups is 1. The van der Waals surface area contributed by atoms with Crippen LogP contribution in [0.25, 0.3) is 16.9 Å². The predicted molar refractivity (Wildman–Crippen MR) is 188 cm³/mol. The van der Waals surface area contributed by atoms with E-state index in [0.29, 0.717) is 30.4 Å². The smallest absolute Gasteiger partial charge is 0.242 e. The molecular weight excluding hydrogens is 609 g/mol. The van der Waals surface area contributed by atoms with E-state index in [1.807, 2.05) is 109 Å². The molecule has 0 saturated carbocycles. The number of para-hydroxylation sites is 1. The van der Waals surface area contributed by atoms with Gasteiger partial charge in [-0.2, -0.15) is 10.2 Å². The van der Waals surface area contributed by atoms with Gasteiger partial charge in [0.05, 0.1) is 18.5 Å². The highest BCUT2D eigenvalue weighted by Gasteiger charge is 2.39. The summed E-state index contributed by atoms with van der Waals surface area (Å²) in [5, 5.41) is 16.5. The topological polar surface area (TPSA) is 101 Å². The minimum Gasteiger partial charge on any atom is -0.494 e. The lowest BCUT2D eigenvalue weighted by molar-refractivity contribution is -0.128. The van der Waals surface area contributed by atoms with E-state index >= 15 is 0 Å². The summed E-state index contributed by atoms with van der Waals surface area (Å²) in [6.45, 7) is 2.90. The largest absolute Gasteiger partial charge is 0.494 e. The summed E-state index contributed by atoms with van der Waals surface area (Å²) in [7, 11) is 0. The van der Waals surface area contributed by atoms with Crippen LogP contribution in [0.3, 0.4) is 0 Å². The SMILES string of the molecule is CCOc1ccc(NC(=O)CC2S/C(=N\N=C\c3cn(-c4ccccc4)nc3-c3ccccc3)N(CCc3ccccc3)C2=O)cc1. The second-order valence-electron chi connectivity index (χ2n) is 10.7. The number of thioether (sulfide) groups is 1. The van der Waals surface area contributed by atoms with Gasteiger partial charge in [-0.3, -0.25) is 14.5 Å². The van der Waals surface area contributed by atoms with Gasteiger partial charge in [-0.05, 0) is 55.3 Å². The van der Waals surface area contributed by atoms with Crippen LogP contribution < -0.4 is 10.1 Å². The maximum atomic E-state index is 13.6. The summed E-state index contributed by atoms with van der Waals surface area (Å²) in [4.78, 5) is 28.3. The minimum atomic E-state index is -0.622. The first-order valence-corrected chi connectivity index (χ1v) is 16.3. The first-order chi connectivity index (χ1) is 23.1. The molecule has 1 unspecified atom stereocenters. The van der Waals surface area contributed by atoms with Gasteiger partial charge in [-0.15, -0.1) is 5.10 Å². The number of hydrogen-bond acceptors (Lipinski definition) is 7. The molecule has 1 atom stereocenters. The predicted octanol–water partition coefficient (Wildman–Crippen LogP) is 6.84. The summed E-state index contributed by atoms with van der Waals surface area (Å²) >= 11 is 1.26. The second kappa shape index (κ2) is 15.2. The van der Waals surface area contributed by atoms with Crippen LogP contribution in [-0.4, -0.2) is 56.3 Å². The Balaban J connectivity index is 1.22. The van der Waals surface area contributed by atoms with E-state index in [1.165, 1.54) is 11.8 Å². The van der Waals surface area contributed by atoms with Crippen molar-refractivity contribution in [2.45, 2.75) is 25.0 Å². The van der Waals surface area contributed by atoms with Crippen molar-refractivity contribution < 1.29 is 14.3 Å². The Morgan fingerprint density at radius 2 is 1.62 bits per heavy atom. The van der Waals surface area contributed by atoms with Gasteiger partial charge in [0.15, 0.2) is 5.17 Å². The first-order valence-electron chi connectivity index (χ1n) is 15.4. The summed E-state index contributed by atoms with van der Waals surface area (Å²) < 4.78 is 7.30. The normalized spacial score (nSPS) is 15.4. The fraction of sp³-hybridized carbons (Fsp3) is 0.162. The van der Waals surface area contributed by atoms with Gasteiger partial charge in [0, 0.05) is 36.0 Å². The quantitative estimate of drug-likeness (QED) is 0.119. The van der Waals surface area contributed by atoms with Crippen molar-refractivity contribution in [3.05, 3.63) is 133 Å². The molecule has 9 nitrogen and oxygen atoms in total. The van der Waals surface area contributed by atoms with Crippen molar-refractivity contribution >= 4 is 40.6 Å². The third kappa shape index (κ3) is 8.03. The van der Waals surface area contributed by atoms with Gasteiger partial charge in [-0.1, -0.05) is 90.6 Å². The molecule has 0 bridgehead atoms. The molecule has 1 N–H and O–H groups in total. The molecule has 0 aliphatic carbocycles. The number of benzene rings is 4. The Morgan fingerprint density at radius 1 is 0.936 bits per heavy atom. The van der Waals surface area contributed by atoms with Gasteiger partial charge in [0.2, 0.25) is 11.8 Å². The van der Waals surface area contributed by atoms with Gasteiger partial charge in [-0.25, -0.2) is 4.68 Å². The van der Waals surface area contributed by atoms with Crippen LogP contribution in [0, 0.1) is 0 Å². The van der Waals surface area contributed by atoms with Crippen LogP contribution in [0.15, 0.2) is 132 Å². The van der Waals surface area contributed by atoms with E-state index in [1.54, 1.807) is 35.4 Å². The Labute approximate surface area is 278 Å². The Bertz CT molecular complexity index is 1860. The molecule has 0 spiro atoms. The number of ether oxygens (including phenoxy) is 1. The Morgan fingerprint density at radius 3 is 2.32 bits per heavy atom. The third-order valence-electron chi connectivity index (χ3n) is 7.46. The number of rotatable bonds is 12. The zero-order valence-electron chi connectivity index (χ0n) is 25.9. The van der Waals surface area contributed by atoms with Crippen molar-refractivity contribution in [1.29, 1.82) is 0 Å². The number of carbonyl (C=O) groups excluding carboxylic acids is 2. The molecule has 4 aromatic carbocycles. The fourth-order valence-electron chi connectivity index (χ4n) is 5.14. The number of carbonyl (C=O) groups is 2. The van der Waals surface area contributed by atoms with Crippen molar-refractivity contribution in [3.63, 3.8) is 0 Å². The van der Waals surface area contributed by atoms with E-state index in [-0.39, 0.29) is 18.2 Å². The average Bonchev–Trinajstić information content (AvgIpc) is 3.66. The van der Waals surface area contributed by atoms with E-state index in [9.17, 15) is 9.59 Å². The standard InChI is InChI=1S/C37H34N6O3S/c1-2-46-32-20-18-30(19-21-32)39-34(44)24-33-36(45)42(23-22-27-12-6-3-7-13-27)37(47-33)40-38-25-29-26-43(31-16-10-5-11-17-31)41-35(29)28-14-8-4-9-15-28/h3-21,25-26,33H,2,22-24H2,1H3,(H,39,44)/b38-25+,40-37-. The molecular formula is C37H34N6O3S. The van der Waals surface area contributed by atoms with Crippen molar-refractivity contribution in [3.8, 4) is 22.7 Å². The highest BCUT2D eigenvalue weighted by Crippen LogP contribution is 2.31. The molecule has 10 heteroatoms. The Hall–Kier alpha value is -5.48. The zero-order chi connectivity index (χ0) is 32.4. The van der Waals surface area contributed by atoms with Crippen LogP contribution >= 0.6 is 11.8 Å².